The van der Waals surface area contributed by atoms with Crippen molar-refractivity contribution >= 4 is 0 Å². The van der Waals surface area contributed by atoms with Crippen molar-refractivity contribution in [1.29, 1.82) is 0 Å². The minimum Gasteiger partial charge on any atom is -0.419 e. The summed E-state index contributed by atoms with van der Waals surface area (Å²) in [6.07, 6.45) is 5.30. The zero-order valence-corrected chi connectivity index (χ0v) is 16.6. The van der Waals surface area contributed by atoms with Gasteiger partial charge in [0.05, 0.1) is 12.1 Å². The molecule has 1 aliphatic carbocycles. The molecule has 2 heterocycles. The van der Waals surface area contributed by atoms with Gasteiger partial charge in [-0.05, 0) is 37.0 Å². The first-order valence-electron chi connectivity index (χ1n) is 10.6. The zero-order valence-electron chi connectivity index (χ0n) is 16.6. The molecule has 1 saturated carbocycles. The van der Waals surface area contributed by atoms with Crippen LogP contribution in [0.25, 0.3) is 11.5 Å². The molecule has 2 fully saturated rings. The lowest BCUT2D eigenvalue weighted by atomic mass is 9.66. The maximum absolute atomic E-state index is 11.7. The molecule has 1 aliphatic heterocycles. The Morgan fingerprint density at radius 3 is 2.48 bits per heavy atom. The topological polar surface area (TPSA) is 62.4 Å². The van der Waals surface area contributed by atoms with Crippen molar-refractivity contribution in [3.8, 4) is 11.5 Å². The summed E-state index contributed by atoms with van der Waals surface area (Å²) in [5, 5.41) is 20.2. The van der Waals surface area contributed by atoms with Crippen LogP contribution in [0.1, 0.15) is 43.6 Å². The second kappa shape index (κ2) is 7.73. The summed E-state index contributed by atoms with van der Waals surface area (Å²) in [6, 6.07) is 20.5. The van der Waals surface area contributed by atoms with E-state index in [0.717, 1.165) is 36.9 Å². The summed E-state index contributed by atoms with van der Waals surface area (Å²) in [5.41, 5.74) is 1.26. The van der Waals surface area contributed by atoms with Gasteiger partial charge >= 0.3 is 0 Å². The second-order valence-electron chi connectivity index (χ2n) is 8.34. The van der Waals surface area contributed by atoms with E-state index in [4.69, 9.17) is 4.42 Å². The molecule has 0 radical (unpaired) electrons. The zero-order chi connectivity index (χ0) is 19.7. The Balaban J connectivity index is 1.37. The largest absolute Gasteiger partial charge is 0.419 e. The Labute approximate surface area is 171 Å². The van der Waals surface area contributed by atoms with Gasteiger partial charge < -0.3 is 9.52 Å². The Kier molecular flexibility index (Phi) is 4.94. The molecular formula is C24H27N3O2. The van der Waals surface area contributed by atoms with Gasteiger partial charge in [-0.3, -0.25) is 4.90 Å². The highest BCUT2D eigenvalue weighted by molar-refractivity contribution is 5.51. The van der Waals surface area contributed by atoms with E-state index in [2.05, 4.69) is 27.2 Å². The molecule has 5 nitrogen and oxygen atoms in total. The average Bonchev–Trinajstić information content (AvgIpc) is 3.26. The number of benzene rings is 2. The Morgan fingerprint density at radius 2 is 1.69 bits per heavy atom. The molecule has 5 heteroatoms. The quantitative estimate of drug-likeness (QED) is 0.717. The van der Waals surface area contributed by atoms with Crippen molar-refractivity contribution in [2.75, 3.05) is 6.54 Å². The second-order valence-corrected chi connectivity index (χ2v) is 8.34. The van der Waals surface area contributed by atoms with E-state index in [1.165, 1.54) is 12.8 Å². The molecule has 2 aromatic carbocycles. The van der Waals surface area contributed by atoms with E-state index < -0.39 is 5.60 Å². The van der Waals surface area contributed by atoms with Gasteiger partial charge in [-0.1, -0.05) is 61.4 Å². The third-order valence-electron chi connectivity index (χ3n) is 6.69. The number of fused-ring (bicyclic) bond motifs is 1. The fourth-order valence-electron chi connectivity index (χ4n) is 5.24. The van der Waals surface area contributed by atoms with Gasteiger partial charge in [0, 0.05) is 24.1 Å². The van der Waals surface area contributed by atoms with E-state index in [-0.39, 0.29) is 5.92 Å². The SMILES string of the molecule is O[C@@]1(c2ccccc2)CCN(Cc2nnc(-c3ccccc3)o2)[C@@H]2CCCC[C@@H]21. The van der Waals surface area contributed by atoms with Crippen molar-refractivity contribution < 1.29 is 9.52 Å². The molecule has 1 N–H and O–H groups in total. The highest BCUT2D eigenvalue weighted by Gasteiger charge is 2.49. The standard InChI is InChI=1S/C24H27N3O2/c28-24(19-11-5-2-6-12-19)15-16-27(21-14-8-7-13-20(21)24)17-22-25-26-23(29-22)18-9-3-1-4-10-18/h1-6,9-12,20-21,28H,7-8,13-17H2/t20-,21+,24+/m0/s1. The number of nitrogens with zero attached hydrogens (tertiary/aromatic N) is 3. The van der Waals surface area contributed by atoms with E-state index in [1.807, 2.05) is 48.5 Å². The third kappa shape index (κ3) is 3.49. The van der Waals surface area contributed by atoms with Crippen LogP contribution in [0.5, 0.6) is 0 Å². The monoisotopic (exact) mass is 389 g/mol. The van der Waals surface area contributed by atoms with E-state index >= 15 is 0 Å². The first-order valence-corrected chi connectivity index (χ1v) is 10.6. The molecule has 1 saturated heterocycles. The maximum atomic E-state index is 11.7. The van der Waals surface area contributed by atoms with Crippen molar-refractivity contribution in [3.63, 3.8) is 0 Å². The normalized spacial score (nSPS) is 27.5. The predicted octanol–water partition coefficient (Wildman–Crippen LogP) is 4.39. The first-order chi connectivity index (χ1) is 14.2. The number of hydrogen-bond donors (Lipinski definition) is 1. The van der Waals surface area contributed by atoms with Crippen LogP contribution < -0.4 is 0 Å². The molecule has 3 aromatic rings. The highest BCUT2D eigenvalue weighted by Crippen LogP contribution is 2.47. The summed E-state index contributed by atoms with van der Waals surface area (Å²) in [4.78, 5) is 2.45. The van der Waals surface area contributed by atoms with Crippen LogP contribution in [0.4, 0.5) is 0 Å². The third-order valence-corrected chi connectivity index (χ3v) is 6.69. The summed E-state index contributed by atoms with van der Waals surface area (Å²) in [7, 11) is 0. The van der Waals surface area contributed by atoms with E-state index in [0.29, 0.717) is 24.4 Å². The van der Waals surface area contributed by atoms with Crippen LogP contribution in [0.15, 0.2) is 65.1 Å². The molecule has 0 bridgehead atoms. The molecule has 29 heavy (non-hydrogen) atoms. The molecule has 1 aromatic heterocycles. The minimum atomic E-state index is -0.743. The van der Waals surface area contributed by atoms with Crippen LogP contribution in [0.2, 0.25) is 0 Å². The van der Waals surface area contributed by atoms with Gasteiger partial charge in [0.1, 0.15) is 0 Å². The fraction of sp³-hybridized carbons (Fsp3) is 0.417. The van der Waals surface area contributed by atoms with Crippen molar-refractivity contribution in [1.82, 2.24) is 15.1 Å². The van der Waals surface area contributed by atoms with Gasteiger partial charge in [0.25, 0.3) is 0 Å². The summed E-state index contributed by atoms with van der Waals surface area (Å²) < 4.78 is 5.96. The summed E-state index contributed by atoms with van der Waals surface area (Å²) >= 11 is 0. The summed E-state index contributed by atoms with van der Waals surface area (Å²) in [5.74, 6) is 1.46. The average molecular weight is 389 g/mol. The van der Waals surface area contributed by atoms with Crippen molar-refractivity contribution in [3.05, 3.63) is 72.1 Å². The molecule has 0 spiro atoms. The number of aliphatic hydroxyl groups is 1. The Hall–Kier alpha value is -2.50. The lowest BCUT2D eigenvalue weighted by Crippen LogP contribution is -2.57. The predicted molar refractivity (Wildman–Crippen MR) is 111 cm³/mol. The molecular weight excluding hydrogens is 362 g/mol. The molecule has 5 rings (SSSR count). The van der Waals surface area contributed by atoms with Gasteiger partial charge in [0.15, 0.2) is 0 Å². The number of rotatable bonds is 4. The fourth-order valence-corrected chi connectivity index (χ4v) is 5.24. The van der Waals surface area contributed by atoms with Crippen LogP contribution in [0, 0.1) is 5.92 Å². The minimum absolute atomic E-state index is 0.240. The Bertz CT molecular complexity index is 943. The molecule has 150 valence electrons. The molecule has 3 atom stereocenters. The van der Waals surface area contributed by atoms with Gasteiger partial charge in [0.2, 0.25) is 11.8 Å². The van der Waals surface area contributed by atoms with E-state index in [9.17, 15) is 5.11 Å². The van der Waals surface area contributed by atoms with Crippen LogP contribution >= 0.6 is 0 Å². The molecule has 0 unspecified atom stereocenters. The van der Waals surface area contributed by atoms with Gasteiger partial charge in [-0.2, -0.15) is 0 Å². The van der Waals surface area contributed by atoms with Gasteiger partial charge in [-0.25, -0.2) is 0 Å². The summed E-state index contributed by atoms with van der Waals surface area (Å²) in [6.45, 7) is 1.47. The highest BCUT2D eigenvalue weighted by atomic mass is 16.4. The smallest absolute Gasteiger partial charge is 0.247 e. The van der Waals surface area contributed by atoms with Crippen molar-refractivity contribution in [2.24, 2.45) is 5.92 Å². The van der Waals surface area contributed by atoms with Crippen molar-refractivity contribution in [2.45, 2.75) is 50.3 Å². The van der Waals surface area contributed by atoms with Crippen LogP contribution in [-0.4, -0.2) is 32.8 Å². The Morgan fingerprint density at radius 1 is 0.966 bits per heavy atom. The number of piperidine rings is 1. The lowest BCUT2D eigenvalue weighted by molar-refractivity contribution is -0.124. The first kappa shape index (κ1) is 18.5. The molecule has 2 aliphatic rings. The van der Waals surface area contributed by atoms with Gasteiger partial charge in [-0.15, -0.1) is 10.2 Å². The number of hydrogen-bond acceptors (Lipinski definition) is 5. The molecule has 0 amide bonds. The number of aromatic nitrogens is 2. The van der Waals surface area contributed by atoms with E-state index in [1.54, 1.807) is 0 Å². The van der Waals surface area contributed by atoms with Crippen LogP contribution in [-0.2, 0) is 12.1 Å². The maximum Gasteiger partial charge on any atom is 0.247 e. The lowest BCUT2D eigenvalue weighted by Gasteiger charge is -2.52. The number of likely N-dealkylation sites (tertiary alicyclic amines) is 1. The van der Waals surface area contributed by atoms with Crippen LogP contribution in [0.3, 0.4) is 0 Å².